The van der Waals surface area contributed by atoms with Crippen LogP contribution in [0.5, 0.6) is 5.75 Å². The lowest BCUT2D eigenvalue weighted by Gasteiger charge is -2.33. The summed E-state index contributed by atoms with van der Waals surface area (Å²) in [4.78, 5) is 25.7. The van der Waals surface area contributed by atoms with Crippen molar-refractivity contribution >= 4 is 35.1 Å². The lowest BCUT2D eigenvalue weighted by atomic mass is 9.74. The molecule has 0 saturated carbocycles. The van der Waals surface area contributed by atoms with Gasteiger partial charge in [0.1, 0.15) is 5.75 Å². The van der Waals surface area contributed by atoms with E-state index >= 15 is 0 Å². The average Bonchev–Trinajstić information content (AvgIpc) is 2.93. The Morgan fingerprint density at radius 3 is 2.67 bits per heavy atom. The Bertz CT molecular complexity index is 648. The second kappa shape index (κ2) is 6.78. The molecule has 24 heavy (non-hydrogen) atoms. The quantitative estimate of drug-likeness (QED) is 0.876. The van der Waals surface area contributed by atoms with Crippen LogP contribution in [0.15, 0.2) is 18.2 Å². The minimum atomic E-state index is -0.909. The summed E-state index contributed by atoms with van der Waals surface area (Å²) in [6.07, 6.45) is 0.418. The molecular weight excluding hydrogens is 357 g/mol. The van der Waals surface area contributed by atoms with Gasteiger partial charge in [-0.25, -0.2) is 0 Å². The molecule has 6 nitrogen and oxygen atoms in total. The fourth-order valence-electron chi connectivity index (χ4n) is 3.34. The zero-order chi connectivity index (χ0) is 17.3. The van der Waals surface area contributed by atoms with Crippen LogP contribution < -0.4 is 4.74 Å². The number of halogens is 2. The minimum Gasteiger partial charge on any atom is -0.484 e. The van der Waals surface area contributed by atoms with Crippen molar-refractivity contribution in [3.63, 3.8) is 0 Å². The smallest absolute Gasteiger partial charge is 0.311 e. The number of benzene rings is 1. The van der Waals surface area contributed by atoms with Crippen LogP contribution in [0, 0.1) is 11.3 Å². The summed E-state index contributed by atoms with van der Waals surface area (Å²) in [7, 11) is 0. The van der Waals surface area contributed by atoms with Gasteiger partial charge in [-0.1, -0.05) is 23.2 Å². The third kappa shape index (κ3) is 3.31. The van der Waals surface area contributed by atoms with Gasteiger partial charge in [0.25, 0.3) is 5.91 Å². The predicted molar refractivity (Wildman–Crippen MR) is 87.5 cm³/mol. The molecule has 2 aliphatic heterocycles. The van der Waals surface area contributed by atoms with Crippen molar-refractivity contribution in [3.8, 4) is 5.75 Å². The van der Waals surface area contributed by atoms with Crippen molar-refractivity contribution in [1.29, 1.82) is 0 Å². The summed E-state index contributed by atoms with van der Waals surface area (Å²) in [6, 6.07) is 4.70. The van der Waals surface area contributed by atoms with E-state index in [-0.39, 0.29) is 25.0 Å². The number of carboxylic acids is 1. The monoisotopic (exact) mass is 373 g/mol. The molecule has 0 aliphatic carbocycles. The summed E-state index contributed by atoms with van der Waals surface area (Å²) in [5.74, 6) is -0.920. The van der Waals surface area contributed by atoms with Gasteiger partial charge in [-0.05, 0) is 24.6 Å². The molecule has 1 aromatic rings. The number of likely N-dealkylation sites (tertiary alicyclic amines) is 1. The molecule has 2 fully saturated rings. The first-order valence-electron chi connectivity index (χ1n) is 7.58. The molecule has 1 aromatic carbocycles. The number of carbonyl (C=O) groups is 2. The summed E-state index contributed by atoms with van der Waals surface area (Å²) < 4.78 is 10.8. The number of amides is 1. The highest BCUT2D eigenvalue weighted by Gasteiger charge is 2.54. The number of fused-ring (bicyclic) bond motifs is 1. The molecular formula is C16H17Cl2NO5. The van der Waals surface area contributed by atoms with E-state index in [1.807, 2.05) is 0 Å². The van der Waals surface area contributed by atoms with E-state index in [0.29, 0.717) is 42.0 Å². The highest BCUT2D eigenvalue weighted by atomic mass is 35.5. The summed E-state index contributed by atoms with van der Waals surface area (Å²) in [6.45, 7) is 1.13. The van der Waals surface area contributed by atoms with Crippen LogP contribution in [0.4, 0.5) is 0 Å². The van der Waals surface area contributed by atoms with Crippen molar-refractivity contribution < 1.29 is 24.2 Å². The Balaban J connectivity index is 1.64. The van der Waals surface area contributed by atoms with Crippen molar-refractivity contribution in [1.82, 2.24) is 4.90 Å². The van der Waals surface area contributed by atoms with E-state index in [9.17, 15) is 14.7 Å². The Morgan fingerprint density at radius 2 is 2.04 bits per heavy atom. The standard InChI is InChI=1S/C16H17Cl2NO5/c17-11-3-12(18)5-13(4-11)24-8-14(20)19-6-10-7-23-2-1-16(10,9-19)15(21)22/h3-5,10H,1-2,6-9H2,(H,21,22)/t10-,16+/m0/s1. The lowest BCUT2D eigenvalue weighted by molar-refractivity contribution is -0.157. The number of rotatable bonds is 4. The summed E-state index contributed by atoms with van der Waals surface area (Å²) in [5.41, 5.74) is -0.909. The van der Waals surface area contributed by atoms with E-state index in [0.717, 1.165) is 0 Å². The molecule has 3 rings (SSSR count). The largest absolute Gasteiger partial charge is 0.484 e. The van der Waals surface area contributed by atoms with Gasteiger partial charge in [0.2, 0.25) is 0 Å². The molecule has 2 aliphatic rings. The van der Waals surface area contributed by atoms with Gasteiger partial charge in [-0.3, -0.25) is 9.59 Å². The van der Waals surface area contributed by atoms with Crippen LogP contribution in [0.3, 0.4) is 0 Å². The highest BCUT2D eigenvalue weighted by molar-refractivity contribution is 6.34. The zero-order valence-electron chi connectivity index (χ0n) is 12.8. The minimum absolute atomic E-state index is 0.187. The SMILES string of the molecule is O=C(COc1cc(Cl)cc(Cl)c1)N1C[C@H]2COCC[C@@]2(C(=O)O)C1. The van der Waals surface area contributed by atoms with Crippen molar-refractivity contribution in [2.45, 2.75) is 6.42 Å². The maximum absolute atomic E-state index is 12.4. The topological polar surface area (TPSA) is 76.1 Å². The van der Waals surface area contributed by atoms with Gasteiger partial charge in [0.05, 0.1) is 12.0 Å². The highest BCUT2D eigenvalue weighted by Crippen LogP contribution is 2.42. The first-order valence-corrected chi connectivity index (χ1v) is 8.34. The molecule has 0 spiro atoms. The zero-order valence-corrected chi connectivity index (χ0v) is 14.3. The van der Waals surface area contributed by atoms with Gasteiger partial charge in [-0.2, -0.15) is 0 Å². The summed E-state index contributed by atoms with van der Waals surface area (Å²) >= 11 is 11.8. The number of nitrogens with zero attached hydrogens (tertiary/aromatic N) is 1. The molecule has 2 saturated heterocycles. The third-order valence-electron chi connectivity index (χ3n) is 4.68. The first-order chi connectivity index (χ1) is 11.4. The number of carbonyl (C=O) groups excluding carboxylic acids is 1. The normalized spacial score (nSPS) is 26.1. The predicted octanol–water partition coefficient (Wildman–Crippen LogP) is 2.32. The van der Waals surface area contributed by atoms with Gasteiger partial charge < -0.3 is 19.5 Å². The molecule has 8 heteroatoms. The summed E-state index contributed by atoms with van der Waals surface area (Å²) in [5, 5.41) is 10.4. The number of hydrogen-bond acceptors (Lipinski definition) is 4. The van der Waals surface area contributed by atoms with Crippen LogP contribution in [-0.4, -0.2) is 54.8 Å². The van der Waals surface area contributed by atoms with Crippen LogP contribution in [0.2, 0.25) is 10.0 Å². The first kappa shape index (κ1) is 17.3. The number of carboxylic acid groups (broad SMARTS) is 1. The van der Waals surface area contributed by atoms with E-state index in [4.69, 9.17) is 32.7 Å². The van der Waals surface area contributed by atoms with E-state index in [1.165, 1.54) is 0 Å². The van der Waals surface area contributed by atoms with Gasteiger partial charge >= 0.3 is 5.97 Å². The van der Waals surface area contributed by atoms with Crippen LogP contribution in [0.25, 0.3) is 0 Å². The molecule has 0 unspecified atom stereocenters. The maximum atomic E-state index is 12.4. The van der Waals surface area contributed by atoms with Crippen LogP contribution in [-0.2, 0) is 14.3 Å². The van der Waals surface area contributed by atoms with Gasteiger partial charge in [0, 0.05) is 35.7 Å². The van der Waals surface area contributed by atoms with Crippen LogP contribution >= 0.6 is 23.2 Å². The molecule has 0 bridgehead atoms. The van der Waals surface area contributed by atoms with Gasteiger partial charge in [-0.15, -0.1) is 0 Å². The van der Waals surface area contributed by atoms with E-state index < -0.39 is 11.4 Å². The molecule has 1 N–H and O–H groups in total. The lowest BCUT2D eigenvalue weighted by Crippen LogP contribution is -2.45. The fourth-order valence-corrected chi connectivity index (χ4v) is 3.84. The molecule has 130 valence electrons. The Kier molecular flexibility index (Phi) is 4.90. The van der Waals surface area contributed by atoms with E-state index in [2.05, 4.69) is 0 Å². The molecule has 0 radical (unpaired) electrons. The Morgan fingerprint density at radius 1 is 1.33 bits per heavy atom. The second-order valence-electron chi connectivity index (χ2n) is 6.15. The van der Waals surface area contributed by atoms with Crippen molar-refractivity contribution in [3.05, 3.63) is 28.2 Å². The van der Waals surface area contributed by atoms with Crippen molar-refractivity contribution in [2.75, 3.05) is 32.9 Å². The Hall–Kier alpha value is -1.50. The maximum Gasteiger partial charge on any atom is 0.311 e. The molecule has 2 atom stereocenters. The Labute approximate surface area is 149 Å². The fraction of sp³-hybridized carbons (Fsp3) is 0.500. The molecule has 0 aromatic heterocycles. The average molecular weight is 374 g/mol. The van der Waals surface area contributed by atoms with Crippen LogP contribution in [0.1, 0.15) is 6.42 Å². The number of aliphatic carboxylic acids is 1. The van der Waals surface area contributed by atoms with Gasteiger partial charge in [0.15, 0.2) is 6.61 Å². The second-order valence-corrected chi connectivity index (χ2v) is 7.02. The van der Waals surface area contributed by atoms with E-state index in [1.54, 1.807) is 23.1 Å². The molecule has 1 amide bonds. The third-order valence-corrected chi connectivity index (χ3v) is 5.12. The molecule has 2 heterocycles. The van der Waals surface area contributed by atoms with Crippen molar-refractivity contribution in [2.24, 2.45) is 11.3 Å². The number of ether oxygens (including phenoxy) is 2. The number of hydrogen-bond donors (Lipinski definition) is 1.